The van der Waals surface area contributed by atoms with Gasteiger partial charge in [-0.15, -0.1) is 0 Å². The first-order valence-electron chi connectivity index (χ1n) is 3.98. The van der Waals surface area contributed by atoms with E-state index in [2.05, 4.69) is 42.4 Å². The van der Waals surface area contributed by atoms with Crippen molar-refractivity contribution in [1.82, 2.24) is 4.98 Å². The summed E-state index contributed by atoms with van der Waals surface area (Å²) < 4.78 is 0. The van der Waals surface area contributed by atoms with Crippen molar-refractivity contribution in [2.24, 2.45) is 0 Å². The predicted octanol–water partition coefficient (Wildman–Crippen LogP) is 2.79. The Morgan fingerprint density at radius 3 is 2.42 bits per heavy atom. The highest BCUT2D eigenvalue weighted by Crippen LogP contribution is 2.17. The third kappa shape index (κ3) is 1.26. The molecule has 0 spiro atoms. The van der Waals surface area contributed by atoms with Crippen LogP contribution in [0.2, 0.25) is 0 Å². The van der Waals surface area contributed by atoms with Gasteiger partial charge in [0.05, 0.1) is 6.20 Å². The zero-order valence-electron chi connectivity index (χ0n) is 6.96. The molecule has 59 valence electrons. The van der Waals surface area contributed by atoms with Crippen LogP contribution in [0, 0.1) is 13.1 Å². The Morgan fingerprint density at radius 2 is 1.83 bits per heavy atom. The lowest BCUT2D eigenvalue weighted by Gasteiger charge is -1.96. The number of aryl methyl sites for hydroxylation is 1. The topological polar surface area (TPSA) is 15.8 Å². The Labute approximate surface area is 72.1 Å². The molecule has 0 atom stereocenters. The molecule has 12 heavy (non-hydrogen) atoms. The summed E-state index contributed by atoms with van der Waals surface area (Å²) >= 11 is 0. The molecule has 0 aliphatic heterocycles. The summed E-state index contributed by atoms with van der Waals surface area (Å²) in [4.78, 5) is 2.92. The Balaban J connectivity index is 2.43. The Kier molecular flexibility index (Phi) is 1.71. The molecule has 0 saturated carbocycles. The summed E-state index contributed by atoms with van der Waals surface area (Å²) in [5.74, 6) is 0. The summed E-state index contributed by atoms with van der Waals surface area (Å²) in [5.41, 5.74) is 3.62. The highest BCUT2D eigenvalue weighted by molar-refractivity contribution is 5.62. The molecule has 0 unspecified atom stereocenters. The summed E-state index contributed by atoms with van der Waals surface area (Å²) in [6.45, 7) is 2.09. The first kappa shape index (κ1) is 7.17. The molecule has 2 rings (SSSR count). The summed E-state index contributed by atoms with van der Waals surface area (Å²) in [6, 6.07) is 10.4. The van der Waals surface area contributed by atoms with Crippen LogP contribution >= 0.6 is 0 Å². The largest absolute Gasteiger partial charge is 0.359 e. The van der Waals surface area contributed by atoms with Gasteiger partial charge in [0.2, 0.25) is 0 Å². The van der Waals surface area contributed by atoms with Gasteiger partial charge in [0, 0.05) is 11.8 Å². The monoisotopic (exact) mass is 156 g/mol. The van der Waals surface area contributed by atoms with E-state index in [0.29, 0.717) is 0 Å². The van der Waals surface area contributed by atoms with Crippen molar-refractivity contribution < 1.29 is 0 Å². The van der Waals surface area contributed by atoms with Crippen LogP contribution in [0.25, 0.3) is 11.1 Å². The van der Waals surface area contributed by atoms with Crippen molar-refractivity contribution in [3.63, 3.8) is 0 Å². The van der Waals surface area contributed by atoms with Gasteiger partial charge in [-0.2, -0.15) is 0 Å². The van der Waals surface area contributed by atoms with E-state index >= 15 is 0 Å². The highest BCUT2D eigenvalue weighted by Gasteiger charge is 1.95. The second-order valence-corrected chi connectivity index (χ2v) is 2.88. The minimum Gasteiger partial charge on any atom is -0.359 e. The zero-order valence-corrected chi connectivity index (χ0v) is 6.96. The van der Waals surface area contributed by atoms with E-state index in [1.807, 2.05) is 12.3 Å². The average molecular weight is 156 g/mol. The maximum atomic E-state index is 3.05. The lowest BCUT2D eigenvalue weighted by Crippen LogP contribution is -1.74. The summed E-state index contributed by atoms with van der Waals surface area (Å²) in [7, 11) is 0. The maximum Gasteiger partial charge on any atom is 0.0705 e. The standard InChI is InChI=1S/C11H10N/c1-9-2-4-10(5-3-9)11-6-7-12-8-11/h2-7,12H,1H3. The van der Waals surface area contributed by atoms with Gasteiger partial charge < -0.3 is 4.98 Å². The molecule has 1 aromatic carbocycles. The van der Waals surface area contributed by atoms with Gasteiger partial charge in [0.1, 0.15) is 0 Å². The molecule has 1 aromatic heterocycles. The molecule has 1 nitrogen and oxygen atoms in total. The summed E-state index contributed by atoms with van der Waals surface area (Å²) in [5, 5.41) is 0. The normalized spacial score (nSPS) is 10.1. The number of aromatic amines is 1. The van der Waals surface area contributed by atoms with Crippen LogP contribution in [0.3, 0.4) is 0 Å². The van der Waals surface area contributed by atoms with Crippen molar-refractivity contribution in [2.75, 3.05) is 0 Å². The first-order valence-corrected chi connectivity index (χ1v) is 3.98. The average Bonchev–Trinajstić information content (AvgIpc) is 2.58. The second kappa shape index (κ2) is 2.86. The molecule has 1 radical (unpaired) electrons. The van der Waals surface area contributed by atoms with Gasteiger partial charge in [0.25, 0.3) is 0 Å². The van der Waals surface area contributed by atoms with Crippen LogP contribution in [0.4, 0.5) is 0 Å². The lowest BCUT2D eigenvalue weighted by atomic mass is 10.1. The fourth-order valence-corrected chi connectivity index (χ4v) is 1.19. The van der Waals surface area contributed by atoms with E-state index in [0.717, 1.165) is 5.56 Å². The van der Waals surface area contributed by atoms with Gasteiger partial charge in [-0.3, -0.25) is 0 Å². The van der Waals surface area contributed by atoms with Crippen LogP contribution in [0.15, 0.2) is 36.5 Å². The third-order valence-corrected chi connectivity index (χ3v) is 1.90. The van der Waals surface area contributed by atoms with E-state index in [1.54, 1.807) is 0 Å². The number of H-pyrrole nitrogens is 1. The van der Waals surface area contributed by atoms with Gasteiger partial charge in [-0.25, -0.2) is 0 Å². The Bertz CT molecular complexity index is 343. The third-order valence-electron chi connectivity index (χ3n) is 1.90. The summed E-state index contributed by atoms with van der Waals surface area (Å²) in [6.07, 6.45) is 4.93. The fraction of sp³-hybridized carbons (Fsp3) is 0.0909. The van der Waals surface area contributed by atoms with Crippen LogP contribution < -0.4 is 0 Å². The SMILES string of the molecule is Cc1ccc(-c2[c][nH]cc2)cc1. The van der Waals surface area contributed by atoms with Crippen LogP contribution in [-0.2, 0) is 0 Å². The van der Waals surface area contributed by atoms with Crippen molar-refractivity contribution in [3.05, 3.63) is 48.3 Å². The maximum absolute atomic E-state index is 3.05. The minimum absolute atomic E-state index is 1.12. The number of benzene rings is 1. The molecule has 1 heterocycles. The molecule has 0 aliphatic carbocycles. The number of aromatic nitrogens is 1. The molecule has 0 saturated heterocycles. The lowest BCUT2D eigenvalue weighted by molar-refractivity contribution is 1.39. The number of rotatable bonds is 1. The Hall–Kier alpha value is -1.50. The first-order chi connectivity index (χ1) is 5.86. The van der Waals surface area contributed by atoms with E-state index in [4.69, 9.17) is 0 Å². The van der Waals surface area contributed by atoms with Crippen LogP contribution in [0.1, 0.15) is 5.56 Å². The highest BCUT2D eigenvalue weighted by atomic mass is 14.6. The van der Waals surface area contributed by atoms with Gasteiger partial charge in [-0.05, 0) is 18.6 Å². The molecule has 1 heteroatoms. The van der Waals surface area contributed by atoms with Crippen molar-refractivity contribution in [2.45, 2.75) is 6.92 Å². The smallest absolute Gasteiger partial charge is 0.0705 e. The molecule has 0 bridgehead atoms. The Morgan fingerprint density at radius 1 is 1.08 bits per heavy atom. The van der Waals surface area contributed by atoms with E-state index in [9.17, 15) is 0 Å². The minimum atomic E-state index is 1.12. The second-order valence-electron chi connectivity index (χ2n) is 2.88. The quantitative estimate of drug-likeness (QED) is 0.653. The molecule has 1 N–H and O–H groups in total. The van der Waals surface area contributed by atoms with Crippen molar-refractivity contribution in [3.8, 4) is 11.1 Å². The van der Waals surface area contributed by atoms with Gasteiger partial charge in [0.15, 0.2) is 0 Å². The predicted molar refractivity (Wildman–Crippen MR) is 49.8 cm³/mol. The van der Waals surface area contributed by atoms with Gasteiger partial charge in [-0.1, -0.05) is 29.8 Å². The molecular weight excluding hydrogens is 146 g/mol. The fourth-order valence-electron chi connectivity index (χ4n) is 1.19. The van der Waals surface area contributed by atoms with Crippen molar-refractivity contribution in [1.29, 1.82) is 0 Å². The molecule has 0 fully saturated rings. The van der Waals surface area contributed by atoms with Gasteiger partial charge >= 0.3 is 0 Å². The molecule has 0 amide bonds. The van der Waals surface area contributed by atoms with Crippen LogP contribution in [0.5, 0.6) is 0 Å². The van der Waals surface area contributed by atoms with E-state index in [-0.39, 0.29) is 0 Å². The van der Waals surface area contributed by atoms with E-state index < -0.39 is 0 Å². The van der Waals surface area contributed by atoms with E-state index in [1.165, 1.54) is 11.1 Å². The molecular formula is C11H10N. The molecule has 0 aliphatic rings. The molecule has 2 aromatic rings. The number of hydrogen-bond acceptors (Lipinski definition) is 0. The zero-order chi connectivity index (χ0) is 8.39. The van der Waals surface area contributed by atoms with Crippen LogP contribution in [-0.4, -0.2) is 4.98 Å². The number of hydrogen-bond donors (Lipinski definition) is 1. The number of nitrogens with one attached hydrogen (secondary N) is 1. The van der Waals surface area contributed by atoms with Crippen molar-refractivity contribution >= 4 is 0 Å².